The topological polar surface area (TPSA) is 73.6 Å². The van der Waals surface area contributed by atoms with E-state index in [4.69, 9.17) is 15.2 Å². The fourth-order valence-corrected chi connectivity index (χ4v) is 2.69. The van der Waals surface area contributed by atoms with Gasteiger partial charge in [0.25, 0.3) is 0 Å². The number of carbonyl (C=O) groups excluding carboxylic acids is 1. The first-order chi connectivity index (χ1) is 11.2. The highest BCUT2D eigenvalue weighted by atomic mass is 35.5. The molecular weight excluding hydrogens is 361 g/mol. The van der Waals surface area contributed by atoms with Crippen molar-refractivity contribution in [2.24, 2.45) is 5.73 Å². The van der Waals surface area contributed by atoms with E-state index in [9.17, 15) is 18.0 Å². The molecule has 0 aliphatic heterocycles. The molecule has 0 atom stereocenters. The van der Waals surface area contributed by atoms with Crippen LogP contribution in [0.2, 0.25) is 0 Å². The lowest BCUT2D eigenvalue weighted by atomic mass is 9.98. The quantitative estimate of drug-likeness (QED) is 0.793. The molecular formula is C16H22ClF3N2O3. The summed E-state index contributed by atoms with van der Waals surface area (Å²) in [6.07, 6.45) is -1.24. The molecule has 0 radical (unpaired) electrons. The van der Waals surface area contributed by atoms with Crippen molar-refractivity contribution in [1.82, 2.24) is 5.32 Å². The minimum absolute atomic E-state index is 0. The molecule has 1 aromatic rings. The number of hydrogen-bond donors (Lipinski definition) is 2. The standard InChI is InChI=1S/C16H21F3N2O3.ClH/c1-23-13-8-11(4-5-12(13)24-10-16(17,18)19)9-21-14(22)15(20)6-2-3-7-15;/h4-5,8H,2-3,6-7,9-10,20H2,1H3,(H,21,22);1H. The van der Waals surface area contributed by atoms with Gasteiger partial charge in [0.15, 0.2) is 18.1 Å². The Morgan fingerprint density at radius 3 is 2.48 bits per heavy atom. The number of halogens is 4. The van der Waals surface area contributed by atoms with Gasteiger partial charge >= 0.3 is 6.18 Å². The van der Waals surface area contributed by atoms with Crippen LogP contribution in [0.25, 0.3) is 0 Å². The molecule has 1 aliphatic rings. The summed E-state index contributed by atoms with van der Waals surface area (Å²) in [5.41, 5.74) is 5.93. The lowest BCUT2D eigenvalue weighted by molar-refractivity contribution is -0.153. The highest BCUT2D eigenvalue weighted by Gasteiger charge is 2.36. The highest BCUT2D eigenvalue weighted by molar-refractivity contribution is 5.86. The first-order valence-corrected chi connectivity index (χ1v) is 7.67. The molecule has 1 saturated carbocycles. The third-order valence-electron chi connectivity index (χ3n) is 4.02. The summed E-state index contributed by atoms with van der Waals surface area (Å²) in [5.74, 6) is -0.0401. The molecule has 0 heterocycles. The second-order valence-electron chi connectivity index (χ2n) is 5.93. The van der Waals surface area contributed by atoms with E-state index in [1.807, 2.05) is 0 Å². The van der Waals surface area contributed by atoms with Gasteiger partial charge in [0, 0.05) is 6.54 Å². The second-order valence-corrected chi connectivity index (χ2v) is 5.93. The van der Waals surface area contributed by atoms with Gasteiger partial charge in [-0.15, -0.1) is 12.4 Å². The van der Waals surface area contributed by atoms with Gasteiger partial charge in [-0.25, -0.2) is 0 Å². The first-order valence-electron chi connectivity index (χ1n) is 7.67. The zero-order chi connectivity index (χ0) is 17.8. The normalized spacial score (nSPS) is 16.0. The number of hydrogen-bond acceptors (Lipinski definition) is 4. The van der Waals surface area contributed by atoms with Crippen molar-refractivity contribution in [3.05, 3.63) is 23.8 Å². The average Bonchev–Trinajstić information content (AvgIpc) is 2.98. The van der Waals surface area contributed by atoms with Crippen LogP contribution in [0.15, 0.2) is 18.2 Å². The molecule has 1 aromatic carbocycles. The van der Waals surface area contributed by atoms with Gasteiger partial charge in [-0.05, 0) is 30.5 Å². The summed E-state index contributed by atoms with van der Waals surface area (Å²) in [6.45, 7) is -1.18. The number of ether oxygens (including phenoxy) is 2. The van der Waals surface area contributed by atoms with Crippen LogP contribution < -0.4 is 20.5 Å². The highest BCUT2D eigenvalue weighted by Crippen LogP contribution is 2.30. The Morgan fingerprint density at radius 1 is 1.28 bits per heavy atom. The molecule has 0 unspecified atom stereocenters. The smallest absolute Gasteiger partial charge is 0.422 e. The molecule has 3 N–H and O–H groups in total. The van der Waals surface area contributed by atoms with Crippen molar-refractivity contribution in [2.75, 3.05) is 13.7 Å². The first kappa shape index (κ1) is 21.4. The molecule has 0 saturated heterocycles. The lowest BCUT2D eigenvalue weighted by Crippen LogP contribution is -2.51. The Balaban J connectivity index is 0.00000312. The number of alkyl halides is 3. The molecule has 0 spiro atoms. The van der Waals surface area contributed by atoms with Crippen LogP contribution in [0.3, 0.4) is 0 Å². The Morgan fingerprint density at radius 2 is 1.92 bits per heavy atom. The van der Waals surface area contributed by atoms with E-state index < -0.39 is 18.3 Å². The summed E-state index contributed by atoms with van der Waals surface area (Å²) in [4.78, 5) is 12.2. The van der Waals surface area contributed by atoms with Crippen LogP contribution in [-0.2, 0) is 11.3 Å². The zero-order valence-corrected chi connectivity index (χ0v) is 14.6. The molecule has 1 aliphatic carbocycles. The number of methoxy groups -OCH3 is 1. The van der Waals surface area contributed by atoms with Crippen LogP contribution >= 0.6 is 12.4 Å². The maximum absolute atomic E-state index is 12.2. The van der Waals surface area contributed by atoms with Crippen molar-refractivity contribution in [3.63, 3.8) is 0 Å². The van der Waals surface area contributed by atoms with Gasteiger partial charge in [-0.1, -0.05) is 18.9 Å². The average molecular weight is 383 g/mol. The summed E-state index contributed by atoms with van der Waals surface area (Å²) >= 11 is 0. The number of nitrogens with one attached hydrogen (secondary N) is 1. The monoisotopic (exact) mass is 382 g/mol. The number of rotatable bonds is 6. The van der Waals surface area contributed by atoms with Crippen LogP contribution in [-0.4, -0.2) is 31.3 Å². The van der Waals surface area contributed by atoms with Gasteiger partial charge in [-0.3, -0.25) is 4.79 Å². The van der Waals surface area contributed by atoms with E-state index in [0.717, 1.165) is 12.8 Å². The predicted octanol–water partition coefficient (Wildman–Crippen LogP) is 2.95. The lowest BCUT2D eigenvalue weighted by Gasteiger charge is -2.22. The Hall–Kier alpha value is -1.67. The molecule has 2 rings (SSSR count). The van der Waals surface area contributed by atoms with Gasteiger partial charge in [0.2, 0.25) is 5.91 Å². The van der Waals surface area contributed by atoms with E-state index in [1.54, 1.807) is 6.07 Å². The van der Waals surface area contributed by atoms with Crippen LogP contribution in [0, 0.1) is 0 Å². The van der Waals surface area contributed by atoms with E-state index in [1.165, 1.54) is 19.2 Å². The van der Waals surface area contributed by atoms with Gasteiger partial charge in [0.05, 0.1) is 12.6 Å². The molecule has 1 amide bonds. The van der Waals surface area contributed by atoms with E-state index in [2.05, 4.69) is 5.32 Å². The second kappa shape index (κ2) is 8.62. The number of nitrogens with two attached hydrogens (primary N) is 1. The molecule has 142 valence electrons. The Kier molecular flexibility index (Phi) is 7.37. The van der Waals surface area contributed by atoms with E-state index >= 15 is 0 Å². The van der Waals surface area contributed by atoms with Crippen molar-refractivity contribution >= 4 is 18.3 Å². The van der Waals surface area contributed by atoms with Crippen molar-refractivity contribution in [1.29, 1.82) is 0 Å². The Bertz CT molecular complexity index is 590. The number of benzene rings is 1. The van der Waals surface area contributed by atoms with Crippen molar-refractivity contribution < 1.29 is 27.4 Å². The zero-order valence-electron chi connectivity index (χ0n) is 13.8. The molecule has 0 bridgehead atoms. The van der Waals surface area contributed by atoms with Gasteiger partial charge in [-0.2, -0.15) is 13.2 Å². The molecule has 25 heavy (non-hydrogen) atoms. The van der Waals surface area contributed by atoms with E-state index in [0.29, 0.717) is 18.4 Å². The molecule has 5 nitrogen and oxygen atoms in total. The summed E-state index contributed by atoms with van der Waals surface area (Å²) in [6, 6.07) is 4.50. The van der Waals surface area contributed by atoms with Crippen molar-refractivity contribution in [2.45, 2.75) is 43.9 Å². The third kappa shape index (κ3) is 5.97. The third-order valence-corrected chi connectivity index (χ3v) is 4.02. The van der Waals surface area contributed by atoms with Gasteiger partial charge in [0.1, 0.15) is 0 Å². The molecule has 9 heteroatoms. The predicted molar refractivity (Wildman–Crippen MR) is 89.0 cm³/mol. The van der Waals surface area contributed by atoms with E-state index in [-0.39, 0.29) is 36.4 Å². The maximum Gasteiger partial charge on any atom is 0.422 e. The van der Waals surface area contributed by atoms with Crippen LogP contribution in [0.1, 0.15) is 31.2 Å². The van der Waals surface area contributed by atoms with Crippen molar-refractivity contribution in [3.8, 4) is 11.5 Å². The Labute approximate surface area is 150 Å². The molecule has 1 fully saturated rings. The number of amides is 1. The minimum Gasteiger partial charge on any atom is -0.493 e. The fraction of sp³-hybridized carbons (Fsp3) is 0.562. The largest absolute Gasteiger partial charge is 0.493 e. The summed E-state index contributed by atoms with van der Waals surface area (Å²) in [5, 5.41) is 2.77. The summed E-state index contributed by atoms with van der Waals surface area (Å²) < 4.78 is 46.4. The minimum atomic E-state index is -4.42. The van der Waals surface area contributed by atoms with Crippen LogP contribution in [0.4, 0.5) is 13.2 Å². The number of carbonyl (C=O) groups is 1. The fourth-order valence-electron chi connectivity index (χ4n) is 2.69. The van der Waals surface area contributed by atoms with Crippen LogP contribution in [0.5, 0.6) is 11.5 Å². The maximum atomic E-state index is 12.2. The molecule has 0 aromatic heterocycles. The SMILES string of the molecule is COc1cc(CNC(=O)C2(N)CCCC2)ccc1OCC(F)(F)F.Cl. The summed E-state index contributed by atoms with van der Waals surface area (Å²) in [7, 11) is 1.34. The van der Waals surface area contributed by atoms with Gasteiger partial charge < -0.3 is 20.5 Å².